The fourth-order valence-electron chi connectivity index (χ4n) is 2.40. The molecule has 1 unspecified atom stereocenters. The lowest BCUT2D eigenvalue weighted by atomic mass is 10.3. The topological polar surface area (TPSA) is 61.4 Å². The van der Waals surface area contributed by atoms with Gasteiger partial charge in [0.05, 0.1) is 11.6 Å². The summed E-state index contributed by atoms with van der Waals surface area (Å²) >= 11 is 6.26. The van der Waals surface area contributed by atoms with Gasteiger partial charge in [0.1, 0.15) is 11.3 Å². The first-order chi connectivity index (χ1) is 10.1. The second-order valence-electron chi connectivity index (χ2n) is 5.11. The molecule has 0 amide bonds. The van der Waals surface area contributed by atoms with Gasteiger partial charge in [-0.3, -0.25) is 4.68 Å². The normalized spacial score (nSPS) is 12.9. The number of halogens is 1. The highest BCUT2D eigenvalue weighted by Gasteiger charge is 2.15. The largest absolute Gasteiger partial charge is 0.311 e. The van der Waals surface area contributed by atoms with Crippen molar-refractivity contribution in [3.8, 4) is 0 Å². The van der Waals surface area contributed by atoms with Crippen LogP contribution in [0.3, 0.4) is 0 Å². The minimum atomic E-state index is -0.147. The summed E-state index contributed by atoms with van der Waals surface area (Å²) in [5.74, 6) is 0.864. The van der Waals surface area contributed by atoms with Gasteiger partial charge in [0.2, 0.25) is 0 Å². The Labute approximate surface area is 127 Å². The van der Waals surface area contributed by atoms with Gasteiger partial charge in [-0.05, 0) is 31.9 Å². The first-order valence-electron chi connectivity index (χ1n) is 6.96. The van der Waals surface area contributed by atoms with E-state index in [1.54, 1.807) is 6.20 Å². The summed E-state index contributed by atoms with van der Waals surface area (Å²) in [6, 6.07) is 2.04. The molecule has 0 bridgehead atoms. The highest BCUT2D eigenvalue weighted by atomic mass is 35.5. The third-order valence-electron chi connectivity index (χ3n) is 3.35. The summed E-state index contributed by atoms with van der Waals surface area (Å²) in [5, 5.41) is 7.62. The maximum atomic E-state index is 6.26. The lowest BCUT2D eigenvalue weighted by Crippen LogP contribution is -2.09. The van der Waals surface area contributed by atoms with Crippen LogP contribution >= 0.6 is 11.6 Å². The second kappa shape index (κ2) is 5.81. The zero-order valence-electron chi connectivity index (χ0n) is 12.1. The number of fused-ring (bicyclic) bond motifs is 1. The van der Waals surface area contributed by atoms with Crippen molar-refractivity contribution in [1.29, 1.82) is 0 Å². The number of alkyl halides is 1. The number of pyridine rings is 1. The zero-order chi connectivity index (χ0) is 14.8. The molecule has 0 fully saturated rings. The minimum Gasteiger partial charge on any atom is -0.311 e. The molecule has 0 aliphatic rings. The predicted octanol–water partition coefficient (Wildman–Crippen LogP) is 2.72. The highest BCUT2D eigenvalue weighted by molar-refractivity contribution is 6.20. The van der Waals surface area contributed by atoms with Gasteiger partial charge < -0.3 is 4.57 Å². The van der Waals surface area contributed by atoms with Gasteiger partial charge in [0.25, 0.3) is 0 Å². The summed E-state index contributed by atoms with van der Waals surface area (Å²) < 4.78 is 3.92. The second-order valence-corrected chi connectivity index (χ2v) is 5.77. The standard InChI is InChI=1S/C14H17ClN6/c1-10-8-12-14(16-9-10)21(13(18-12)11(2)15)6-3-5-20-7-4-17-19-20/h4,7-9,11H,3,5-6H2,1-2H3. The van der Waals surface area contributed by atoms with Crippen molar-refractivity contribution in [1.82, 2.24) is 29.5 Å². The van der Waals surface area contributed by atoms with Gasteiger partial charge in [-0.2, -0.15) is 0 Å². The van der Waals surface area contributed by atoms with E-state index in [4.69, 9.17) is 11.6 Å². The van der Waals surface area contributed by atoms with Gasteiger partial charge in [0.15, 0.2) is 5.65 Å². The first-order valence-corrected chi connectivity index (χ1v) is 7.40. The molecule has 6 nitrogen and oxygen atoms in total. The Bertz CT molecular complexity index is 731. The third kappa shape index (κ3) is 2.90. The summed E-state index contributed by atoms with van der Waals surface area (Å²) in [5.41, 5.74) is 2.89. The monoisotopic (exact) mass is 304 g/mol. The fourth-order valence-corrected chi connectivity index (χ4v) is 2.56. The average Bonchev–Trinajstić information content (AvgIpc) is 3.06. The number of hydrogen-bond donors (Lipinski definition) is 0. The fraction of sp³-hybridized carbons (Fsp3) is 0.429. The lowest BCUT2D eigenvalue weighted by Gasteiger charge is -2.09. The van der Waals surface area contributed by atoms with Gasteiger partial charge in [-0.25, -0.2) is 9.97 Å². The molecule has 0 aromatic carbocycles. The Morgan fingerprint density at radius 3 is 2.90 bits per heavy atom. The number of aromatic nitrogens is 6. The van der Waals surface area contributed by atoms with E-state index >= 15 is 0 Å². The van der Waals surface area contributed by atoms with E-state index in [0.717, 1.165) is 42.1 Å². The molecule has 0 saturated heterocycles. The van der Waals surface area contributed by atoms with Gasteiger partial charge in [-0.15, -0.1) is 16.7 Å². The molecular weight excluding hydrogens is 288 g/mol. The molecule has 3 heterocycles. The maximum Gasteiger partial charge on any atom is 0.160 e. The molecule has 1 atom stereocenters. The van der Waals surface area contributed by atoms with Crippen LogP contribution in [0, 0.1) is 6.92 Å². The van der Waals surface area contributed by atoms with Crippen LogP contribution in [0.2, 0.25) is 0 Å². The number of rotatable bonds is 5. The van der Waals surface area contributed by atoms with Crippen LogP contribution in [-0.2, 0) is 13.1 Å². The van der Waals surface area contributed by atoms with E-state index in [9.17, 15) is 0 Å². The lowest BCUT2D eigenvalue weighted by molar-refractivity contribution is 0.510. The van der Waals surface area contributed by atoms with E-state index in [2.05, 4.69) is 24.8 Å². The average molecular weight is 305 g/mol. The maximum absolute atomic E-state index is 6.26. The number of nitrogens with zero attached hydrogens (tertiary/aromatic N) is 6. The predicted molar refractivity (Wildman–Crippen MR) is 81.2 cm³/mol. The van der Waals surface area contributed by atoms with Crippen molar-refractivity contribution >= 4 is 22.8 Å². The minimum absolute atomic E-state index is 0.147. The molecule has 0 radical (unpaired) electrons. The number of aryl methyl sites for hydroxylation is 3. The van der Waals surface area contributed by atoms with Crippen LogP contribution in [0.5, 0.6) is 0 Å². The summed E-state index contributed by atoms with van der Waals surface area (Å²) in [4.78, 5) is 9.13. The van der Waals surface area contributed by atoms with Gasteiger partial charge in [-0.1, -0.05) is 5.21 Å². The zero-order valence-corrected chi connectivity index (χ0v) is 12.8. The molecule has 3 aromatic rings. The molecule has 3 rings (SSSR count). The molecular formula is C14H17ClN6. The van der Waals surface area contributed by atoms with Crippen molar-refractivity contribution in [2.75, 3.05) is 0 Å². The number of imidazole rings is 1. The van der Waals surface area contributed by atoms with Crippen LogP contribution in [0.4, 0.5) is 0 Å². The van der Waals surface area contributed by atoms with Crippen molar-refractivity contribution < 1.29 is 0 Å². The van der Waals surface area contributed by atoms with E-state index in [0.29, 0.717) is 0 Å². The molecule has 0 aliphatic carbocycles. The van der Waals surface area contributed by atoms with Gasteiger partial charge in [0, 0.05) is 25.5 Å². The van der Waals surface area contributed by atoms with Gasteiger partial charge >= 0.3 is 0 Å². The van der Waals surface area contributed by atoms with Crippen LogP contribution in [0.15, 0.2) is 24.7 Å². The molecule has 3 aromatic heterocycles. The quantitative estimate of drug-likeness (QED) is 0.680. The molecule has 110 valence electrons. The number of hydrogen-bond acceptors (Lipinski definition) is 4. The van der Waals surface area contributed by atoms with Crippen LogP contribution < -0.4 is 0 Å². The van der Waals surface area contributed by atoms with E-state index in [-0.39, 0.29) is 5.38 Å². The van der Waals surface area contributed by atoms with Crippen LogP contribution in [0.1, 0.15) is 30.1 Å². The molecule has 0 spiro atoms. The third-order valence-corrected chi connectivity index (χ3v) is 3.54. The summed E-state index contributed by atoms with van der Waals surface area (Å²) in [6.07, 6.45) is 6.32. The first kappa shape index (κ1) is 14.0. The Hall–Kier alpha value is -1.95. The van der Waals surface area contributed by atoms with Crippen molar-refractivity contribution in [2.24, 2.45) is 0 Å². The smallest absolute Gasteiger partial charge is 0.160 e. The highest BCUT2D eigenvalue weighted by Crippen LogP contribution is 2.24. The molecule has 0 N–H and O–H groups in total. The molecule has 0 saturated carbocycles. The van der Waals surface area contributed by atoms with Crippen LogP contribution in [0.25, 0.3) is 11.2 Å². The Morgan fingerprint density at radius 2 is 2.19 bits per heavy atom. The summed E-state index contributed by atoms with van der Waals surface area (Å²) in [7, 11) is 0. The SMILES string of the molecule is Cc1cnc2c(c1)nc(C(C)Cl)n2CCCn1ccnn1. The van der Waals surface area contributed by atoms with E-state index in [1.165, 1.54) is 0 Å². The molecule has 0 aliphatic heterocycles. The van der Waals surface area contributed by atoms with E-state index < -0.39 is 0 Å². The summed E-state index contributed by atoms with van der Waals surface area (Å²) in [6.45, 7) is 5.56. The molecule has 7 heteroatoms. The Morgan fingerprint density at radius 1 is 1.33 bits per heavy atom. The molecule has 21 heavy (non-hydrogen) atoms. The van der Waals surface area contributed by atoms with Crippen molar-refractivity contribution in [3.05, 3.63) is 36.0 Å². The Kier molecular flexibility index (Phi) is 3.88. The van der Waals surface area contributed by atoms with Crippen molar-refractivity contribution in [2.45, 2.75) is 38.7 Å². The van der Waals surface area contributed by atoms with Crippen molar-refractivity contribution in [3.63, 3.8) is 0 Å². The van der Waals surface area contributed by atoms with Crippen LogP contribution in [-0.4, -0.2) is 29.5 Å². The Balaban J connectivity index is 1.86. The van der Waals surface area contributed by atoms with E-state index in [1.807, 2.05) is 37.0 Å².